The van der Waals surface area contributed by atoms with Gasteiger partial charge in [0.05, 0.1) is 23.3 Å². The van der Waals surface area contributed by atoms with Gasteiger partial charge in [0.25, 0.3) is 0 Å². The van der Waals surface area contributed by atoms with Gasteiger partial charge in [-0.1, -0.05) is 13.8 Å². The van der Waals surface area contributed by atoms with Crippen LogP contribution in [0.4, 0.5) is 19.3 Å². The van der Waals surface area contributed by atoms with Crippen LogP contribution >= 0.6 is 0 Å². The Kier molecular flexibility index (Phi) is 5.42. The average molecular weight is 450 g/mol. The van der Waals surface area contributed by atoms with Gasteiger partial charge in [0, 0.05) is 32.2 Å². The van der Waals surface area contributed by atoms with E-state index in [0.29, 0.717) is 31.9 Å². The number of ether oxygens (including phenoxy) is 3. The number of halogens is 2. The highest BCUT2D eigenvalue weighted by Crippen LogP contribution is 2.42. The minimum atomic E-state index is -3.66. The van der Waals surface area contributed by atoms with Gasteiger partial charge in [-0.05, 0) is 38.8 Å². The molecule has 1 aromatic carbocycles. The maximum Gasteiger partial charge on any atom is 0.586 e. The van der Waals surface area contributed by atoms with Crippen LogP contribution in [0.1, 0.15) is 46.2 Å². The highest BCUT2D eigenvalue weighted by atomic mass is 19.3. The lowest BCUT2D eigenvalue weighted by molar-refractivity contribution is -0.286. The Morgan fingerprint density at radius 2 is 1.78 bits per heavy atom. The summed E-state index contributed by atoms with van der Waals surface area (Å²) in [5.41, 5.74) is 1.89. The van der Waals surface area contributed by atoms with Gasteiger partial charge in [0.15, 0.2) is 11.5 Å². The fourth-order valence-electron chi connectivity index (χ4n) is 3.70. The van der Waals surface area contributed by atoms with Crippen molar-refractivity contribution in [3.05, 3.63) is 30.1 Å². The number of rotatable bonds is 3. The molecule has 0 unspecified atom stereocenters. The van der Waals surface area contributed by atoms with E-state index in [0.717, 1.165) is 11.4 Å². The zero-order valence-electron chi connectivity index (χ0n) is 18.9. The van der Waals surface area contributed by atoms with Gasteiger partial charge in [0.2, 0.25) is 0 Å². The number of hydrogen-bond donors (Lipinski definition) is 0. The van der Waals surface area contributed by atoms with E-state index in [1.165, 1.54) is 12.1 Å². The molecule has 1 saturated heterocycles. The molecule has 8 nitrogen and oxygen atoms in total. The molecule has 2 aromatic rings. The summed E-state index contributed by atoms with van der Waals surface area (Å²) in [5.74, 6) is 0.114. The van der Waals surface area contributed by atoms with Crippen molar-refractivity contribution in [2.45, 2.75) is 52.4 Å². The largest absolute Gasteiger partial charge is 0.586 e. The maximum absolute atomic E-state index is 13.4. The van der Waals surface area contributed by atoms with E-state index >= 15 is 0 Å². The number of nitrogens with zero attached hydrogens (tertiary/aromatic N) is 4. The summed E-state index contributed by atoms with van der Waals surface area (Å²) in [4.78, 5) is 16.2. The Hall–Kier alpha value is -3.04. The first kappa shape index (κ1) is 22.2. The number of fused-ring (bicyclic) bond motifs is 1. The first-order valence-electron chi connectivity index (χ1n) is 10.6. The van der Waals surface area contributed by atoms with Gasteiger partial charge < -0.3 is 24.0 Å². The molecule has 0 bridgehead atoms. The van der Waals surface area contributed by atoms with E-state index in [2.05, 4.69) is 14.4 Å². The van der Waals surface area contributed by atoms with Crippen molar-refractivity contribution in [2.24, 2.45) is 0 Å². The van der Waals surface area contributed by atoms with Gasteiger partial charge >= 0.3 is 12.4 Å². The molecule has 2 aliphatic rings. The average Bonchev–Trinajstić information content (AvgIpc) is 3.26. The van der Waals surface area contributed by atoms with E-state index in [-0.39, 0.29) is 23.5 Å². The number of alkyl halides is 2. The predicted molar refractivity (Wildman–Crippen MR) is 114 cm³/mol. The van der Waals surface area contributed by atoms with E-state index < -0.39 is 11.9 Å². The topological polar surface area (TPSA) is 69.1 Å². The third-order valence-electron chi connectivity index (χ3n) is 5.19. The summed E-state index contributed by atoms with van der Waals surface area (Å²) in [6.45, 7) is 12.0. The van der Waals surface area contributed by atoms with E-state index in [4.69, 9.17) is 9.84 Å². The third kappa shape index (κ3) is 4.58. The first-order valence-corrected chi connectivity index (χ1v) is 10.6. The van der Waals surface area contributed by atoms with Crippen molar-refractivity contribution in [3.63, 3.8) is 0 Å². The number of hydrogen-bond acceptors (Lipinski definition) is 6. The molecular weight excluding hydrogens is 422 g/mol. The second-order valence-electron chi connectivity index (χ2n) is 9.25. The lowest BCUT2D eigenvalue weighted by Crippen LogP contribution is -2.50. The standard InChI is InChI=1S/C22H28F2N4O4/c1-14(2)19-16(26-8-10-27(11-9-26)20(29)32-21(3,4)5)13-28(25-19)15-6-7-17-18(12-15)31-22(23,24)30-17/h6-7,12-14H,8-11H2,1-5H3. The van der Waals surface area contributed by atoms with E-state index in [9.17, 15) is 13.6 Å². The number of anilines is 1. The van der Waals surface area contributed by atoms with Crippen LogP contribution < -0.4 is 14.4 Å². The molecular formula is C22H28F2N4O4. The molecule has 0 radical (unpaired) electrons. The molecule has 0 spiro atoms. The maximum atomic E-state index is 13.4. The minimum absolute atomic E-state index is 0.00604. The van der Waals surface area contributed by atoms with Gasteiger partial charge in [-0.3, -0.25) is 0 Å². The second-order valence-corrected chi connectivity index (χ2v) is 9.25. The fourth-order valence-corrected chi connectivity index (χ4v) is 3.70. The van der Waals surface area contributed by atoms with Crippen molar-refractivity contribution in [2.75, 3.05) is 31.1 Å². The van der Waals surface area contributed by atoms with Gasteiger partial charge in [-0.2, -0.15) is 5.10 Å². The Balaban J connectivity index is 1.52. The Morgan fingerprint density at radius 1 is 1.12 bits per heavy atom. The van der Waals surface area contributed by atoms with E-state index in [1.54, 1.807) is 15.6 Å². The molecule has 1 aromatic heterocycles. The molecule has 4 rings (SSSR count). The summed E-state index contributed by atoms with van der Waals surface area (Å²) in [6, 6.07) is 4.59. The summed E-state index contributed by atoms with van der Waals surface area (Å²) in [7, 11) is 0. The van der Waals surface area contributed by atoms with Crippen LogP contribution in [0.2, 0.25) is 0 Å². The SMILES string of the molecule is CC(C)c1nn(-c2ccc3c(c2)OC(F)(F)O3)cc1N1CCN(C(=O)OC(C)(C)C)CC1. The van der Waals surface area contributed by atoms with E-state index in [1.807, 2.05) is 40.8 Å². The quantitative estimate of drug-likeness (QED) is 0.692. The van der Waals surface area contributed by atoms with Gasteiger partial charge in [0.1, 0.15) is 5.60 Å². The lowest BCUT2D eigenvalue weighted by atomic mass is 10.1. The monoisotopic (exact) mass is 450 g/mol. The molecule has 10 heteroatoms. The fraction of sp³-hybridized carbons (Fsp3) is 0.545. The van der Waals surface area contributed by atoms with Crippen molar-refractivity contribution in [1.29, 1.82) is 0 Å². The molecule has 32 heavy (non-hydrogen) atoms. The van der Waals surface area contributed by atoms with Crippen molar-refractivity contribution in [3.8, 4) is 17.2 Å². The van der Waals surface area contributed by atoms with Crippen molar-refractivity contribution < 1.29 is 27.8 Å². The normalized spacial score (nSPS) is 17.8. The lowest BCUT2D eigenvalue weighted by Gasteiger charge is -2.36. The summed E-state index contributed by atoms with van der Waals surface area (Å²) in [6.07, 6.45) is -2.09. The predicted octanol–water partition coefficient (Wildman–Crippen LogP) is 4.37. The minimum Gasteiger partial charge on any atom is -0.444 e. The number of carbonyl (C=O) groups is 1. The van der Waals surface area contributed by atoms with Gasteiger partial charge in [-0.15, -0.1) is 8.78 Å². The van der Waals surface area contributed by atoms with Crippen LogP contribution in [-0.2, 0) is 4.74 Å². The summed E-state index contributed by atoms with van der Waals surface area (Å²) in [5, 5.41) is 4.71. The Bertz CT molecular complexity index is 1010. The van der Waals surface area contributed by atoms with Crippen LogP contribution in [-0.4, -0.2) is 58.8 Å². The molecule has 0 N–H and O–H groups in total. The molecule has 3 heterocycles. The highest BCUT2D eigenvalue weighted by Gasteiger charge is 2.43. The first-order chi connectivity index (χ1) is 14.9. The smallest absolute Gasteiger partial charge is 0.444 e. The summed E-state index contributed by atoms with van der Waals surface area (Å²) >= 11 is 0. The molecule has 0 atom stereocenters. The third-order valence-corrected chi connectivity index (χ3v) is 5.19. The molecule has 1 amide bonds. The molecule has 0 saturated carbocycles. The highest BCUT2D eigenvalue weighted by molar-refractivity contribution is 5.69. The second kappa shape index (κ2) is 7.83. The van der Waals surface area contributed by atoms with Crippen LogP contribution in [0.15, 0.2) is 24.4 Å². The zero-order valence-corrected chi connectivity index (χ0v) is 18.9. The van der Waals surface area contributed by atoms with Crippen molar-refractivity contribution >= 4 is 11.8 Å². The van der Waals surface area contributed by atoms with Crippen LogP contribution in [0.5, 0.6) is 11.5 Å². The zero-order chi connectivity index (χ0) is 23.3. The molecule has 174 valence electrons. The van der Waals surface area contributed by atoms with Crippen LogP contribution in [0.25, 0.3) is 5.69 Å². The Morgan fingerprint density at radius 3 is 2.41 bits per heavy atom. The molecule has 1 fully saturated rings. The van der Waals surface area contributed by atoms with Gasteiger partial charge in [-0.25, -0.2) is 9.48 Å². The van der Waals surface area contributed by atoms with Crippen LogP contribution in [0, 0.1) is 0 Å². The molecule has 0 aliphatic carbocycles. The number of aromatic nitrogens is 2. The number of piperazine rings is 1. The molecule has 2 aliphatic heterocycles. The van der Waals surface area contributed by atoms with Crippen molar-refractivity contribution in [1.82, 2.24) is 14.7 Å². The number of carbonyl (C=O) groups excluding carboxylic acids is 1. The summed E-state index contributed by atoms with van der Waals surface area (Å²) < 4.78 is 42.9. The number of amides is 1. The Labute approximate surface area is 185 Å². The number of benzene rings is 1. The van der Waals surface area contributed by atoms with Crippen LogP contribution in [0.3, 0.4) is 0 Å².